The van der Waals surface area contributed by atoms with Gasteiger partial charge in [0.05, 0.1) is 12.5 Å². The quantitative estimate of drug-likeness (QED) is 0.829. The van der Waals surface area contributed by atoms with Crippen LogP contribution in [0.15, 0.2) is 18.2 Å². The lowest BCUT2D eigenvalue weighted by Crippen LogP contribution is -2.30. The Morgan fingerprint density at radius 1 is 1.35 bits per heavy atom. The largest absolute Gasteiger partial charge is 0.370 e. The van der Waals surface area contributed by atoms with Crippen molar-refractivity contribution in [3.63, 3.8) is 0 Å². The van der Waals surface area contributed by atoms with Gasteiger partial charge in [-0.25, -0.2) is 4.39 Å². The number of hydrogen-bond acceptors (Lipinski definition) is 3. The first-order valence-electron chi connectivity index (χ1n) is 7.08. The highest BCUT2D eigenvalue weighted by atomic mass is 19.1. The molecule has 0 aromatic heterocycles. The molecule has 110 valence electrons. The van der Waals surface area contributed by atoms with Crippen LogP contribution in [-0.4, -0.2) is 20.1 Å². The molecule has 0 aliphatic carbocycles. The monoisotopic (exact) mass is 277 g/mol. The highest BCUT2D eigenvalue weighted by molar-refractivity contribution is 5.55. The zero-order valence-electron chi connectivity index (χ0n) is 12.8. The summed E-state index contributed by atoms with van der Waals surface area (Å²) in [6, 6.07) is 7.14. The second kappa shape index (κ2) is 7.86. The first-order chi connectivity index (χ1) is 9.49. The van der Waals surface area contributed by atoms with Gasteiger partial charge in [-0.15, -0.1) is 0 Å². The summed E-state index contributed by atoms with van der Waals surface area (Å²) >= 11 is 0. The molecular weight excluding hydrogens is 253 g/mol. The van der Waals surface area contributed by atoms with E-state index < -0.39 is 0 Å². The molecule has 0 saturated carbocycles. The average molecular weight is 277 g/mol. The van der Waals surface area contributed by atoms with Crippen LogP contribution < -0.4 is 10.2 Å². The Balaban J connectivity index is 3.13. The summed E-state index contributed by atoms with van der Waals surface area (Å²) in [5.41, 5.74) is 1.95. The van der Waals surface area contributed by atoms with Crippen molar-refractivity contribution in [1.29, 1.82) is 5.26 Å². The second-order valence-corrected chi connectivity index (χ2v) is 5.46. The maximum Gasteiger partial charge on any atom is 0.123 e. The first-order valence-corrected chi connectivity index (χ1v) is 7.08. The molecule has 0 spiro atoms. The normalized spacial score (nSPS) is 12.2. The standard InChI is InChI=1S/C16H24FN3/c1-12(2)11-20(9-5-8-18)16-7-6-14(17)10-15(16)13(3)19-4/h6-7,10,12-13,19H,5,9,11H2,1-4H3. The second-order valence-electron chi connectivity index (χ2n) is 5.46. The van der Waals surface area contributed by atoms with Gasteiger partial charge in [0, 0.05) is 24.8 Å². The van der Waals surface area contributed by atoms with Crippen molar-refractivity contribution >= 4 is 5.69 Å². The molecule has 1 atom stereocenters. The van der Waals surface area contributed by atoms with Crippen LogP contribution in [0.1, 0.15) is 38.8 Å². The van der Waals surface area contributed by atoms with Crippen LogP contribution in [-0.2, 0) is 0 Å². The fourth-order valence-corrected chi connectivity index (χ4v) is 2.25. The van der Waals surface area contributed by atoms with Crippen LogP contribution in [0.4, 0.5) is 10.1 Å². The predicted molar refractivity (Wildman–Crippen MR) is 81.2 cm³/mol. The molecule has 0 fully saturated rings. The third-order valence-corrected chi connectivity index (χ3v) is 3.31. The number of anilines is 1. The SMILES string of the molecule is CNC(C)c1cc(F)ccc1N(CCC#N)CC(C)C. The Hall–Kier alpha value is -1.60. The van der Waals surface area contributed by atoms with Crippen LogP contribution in [0.5, 0.6) is 0 Å². The highest BCUT2D eigenvalue weighted by Crippen LogP contribution is 2.28. The molecule has 1 aromatic carbocycles. The molecule has 1 unspecified atom stereocenters. The minimum atomic E-state index is -0.226. The van der Waals surface area contributed by atoms with Crippen molar-refractivity contribution in [3.05, 3.63) is 29.6 Å². The van der Waals surface area contributed by atoms with E-state index in [1.807, 2.05) is 20.0 Å². The van der Waals surface area contributed by atoms with E-state index in [0.717, 1.165) is 17.8 Å². The maximum atomic E-state index is 13.5. The minimum absolute atomic E-state index is 0.0671. The summed E-state index contributed by atoms with van der Waals surface area (Å²) in [6.07, 6.45) is 0.470. The Morgan fingerprint density at radius 2 is 2.05 bits per heavy atom. The molecule has 0 saturated heterocycles. The number of nitriles is 1. The van der Waals surface area contributed by atoms with E-state index in [-0.39, 0.29) is 11.9 Å². The van der Waals surface area contributed by atoms with Gasteiger partial charge in [0.2, 0.25) is 0 Å². The Kier molecular flexibility index (Phi) is 6.47. The first kappa shape index (κ1) is 16.5. The van der Waals surface area contributed by atoms with Crippen molar-refractivity contribution < 1.29 is 4.39 Å². The van der Waals surface area contributed by atoms with E-state index in [9.17, 15) is 4.39 Å². The number of benzene rings is 1. The molecule has 20 heavy (non-hydrogen) atoms. The van der Waals surface area contributed by atoms with Crippen molar-refractivity contribution in [2.24, 2.45) is 5.92 Å². The zero-order valence-corrected chi connectivity index (χ0v) is 12.8. The molecule has 0 amide bonds. The lowest BCUT2D eigenvalue weighted by Gasteiger charge is -2.29. The fourth-order valence-electron chi connectivity index (χ4n) is 2.25. The Labute approximate surface area is 121 Å². The smallest absolute Gasteiger partial charge is 0.123 e. The van der Waals surface area contributed by atoms with E-state index in [4.69, 9.17) is 5.26 Å². The number of rotatable bonds is 7. The van der Waals surface area contributed by atoms with Gasteiger partial charge in [-0.1, -0.05) is 13.8 Å². The maximum absolute atomic E-state index is 13.5. The zero-order chi connectivity index (χ0) is 15.1. The molecule has 1 N–H and O–H groups in total. The summed E-state index contributed by atoms with van der Waals surface area (Å²) in [5.74, 6) is 0.257. The van der Waals surface area contributed by atoms with Crippen molar-refractivity contribution in [2.45, 2.75) is 33.2 Å². The molecule has 0 aliphatic rings. The van der Waals surface area contributed by atoms with Gasteiger partial charge in [0.25, 0.3) is 0 Å². The lowest BCUT2D eigenvalue weighted by molar-refractivity contribution is 0.589. The Bertz CT molecular complexity index is 465. The Morgan fingerprint density at radius 3 is 2.60 bits per heavy atom. The molecule has 1 rings (SSSR count). The summed E-state index contributed by atoms with van der Waals surface area (Å²) < 4.78 is 13.5. The molecule has 0 aliphatic heterocycles. The van der Waals surface area contributed by atoms with Gasteiger partial charge in [0.15, 0.2) is 0 Å². The van der Waals surface area contributed by atoms with Crippen molar-refractivity contribution in [3.8, 4) is 6.07 Å². The average Bonchev–Trinajstić information content (AvgIpc) is 2.42. The molecular formula is C16H24FN3. The molecule has 0 heterocycles. The molecule has 4 heteroatoms. The molecule has 1 aromatic rings. The third kappa shape index (κ3) is 4.50. The molecule has 0 bridgehead atoms. The van der Waals surface area contributed by atoms with Crippen LogP contribution >= 0.6 is 0 Å². The van der Waals surface area contributed by atoms with Gasteiger partial charge in [0.1, 0.15) is 5.82 Å². The number of nitrogens with zero attached hydrogens (tertiary/aromatic N) is 2. The third-order valence-electron chi connectivity index (χ3n) is 3.31. The number of nitrogens with one attached hydrogen (secondary N) is 1. The molecule has 0 radical (unpaired) electrons. The summed E-state index contributed by atoms with van der Waals surface area (Å²) in [5, 5.41) is 12.0. The highest BCUT2D eigenvalue weighted by Gasteiger charge is 2.16. The van der Waals surface area contributed by atoms with E-state index in [0.29, 0.717) is 18.9 Å². The summed E-state index contributed by atoms with van der Waals surface area (Å²) in [6.45, 7) is 7.82. The van der Waals surface area contributed by atoms with Crippen LogP contribution in [0, 0.1) is 23.1 Å². The minimum Gasteiger partial charge on any atom is -0.370 e. The van der Waals surface area contributed by atoms with Crippen LogP contribution in [0.3, 0.4) is 0 Å². The predicted octanol–water partition coefficient (Wildman–Crippen LogP) is 3.48. The van der Waals surface area contributed by atoms with Gasteiger partial charge < -0.3 is 10.2 Å². The van der Waals surface area contributed by atoms with Crippen molar-refractivity contribution in [2.75, 3.05) is 25.0 Å². The summed E-state index contributed by atoms with van der Waals surface area (Å²) in [4.78, 5) is 2.18. The van der Waals surface area contributed by atoms with E-state index in [1.54, 1.807) is 6.07 Å². The van der Waals surface area contributed by atoms with Gasteiger partial charge in [-0.2, -0.15) is 5.26 Å². The van der Waals surface area contributed by atoms with Gasteiger partial charge in [-0.05, 0) is 43.7 Å². The van der Waals surface area contributed by atoms with E-state index >= 15 is 0 Å². The van der Waals surface area contributed by atoms with Gasteiger partial charge >= 0.3 is 0 Å². The summed E-state index contributed by atoms with van der Waals surface area (Å²) in [7, 11) is 1.86. The van der Waals surface area contributed by atoms with Crippen LogP contribution in [0.25, 0.3) is 0 Å². The molecule has 3 nitrogen and oxygen atoms in total. The number of halogens is 1. The number of hydrogen-bond donors (Lipinski definition) is 1. The van der Waals surface area contributed by atoms with Crippen molar-refractivity contribution in [1.82, 2.24) is 5.32 Å². The van der Waals surface area contributed by atoms with Crippen LogP contribution in [0.2, 0.25) is 0 Å². The van der Waals surface area contributed by atoms with E-state index in [2.05, 4.69) is 30.1 Å². The topological polar surface area (TPSA) is 39.1 Å². The fraction of sp³-hybridized carbons (Fsp3) is 0.562. The lowest BCUT2D eigenvalue weighted by atomic mass is 10.0. The van der Waals surface area contributed by atoms with Gasteiger partial charge in [-0.3, -0.25) is 0 Å². The van der Waals surface area contributed by atoms with E-state index in [1.165, 1.54) is 6.07 Å².